The highest BCUT2D eigenvalue weighted by Gasteiger charge is 2.32. The van der Waals surface area contributed by atoms with Crippen molar-refractivity contribution in [1.29, 1.82) is 0 Å². The molecule has 1 saturated heterocycles. The molecule has 1 fully saturated rings. The summed E-state index contributed by atoms with van der Waals surface area (Å²) >= 11 is 0. The van der Waals surface area contributed by atoms with Gasteiger partial charge in [0.2, 0.25) is 0 Å². The minimum absolute atomic E-state index is 0. The normalized spacial score (nSPS) is 23.0. The summed E-state index contributed by atoms with van der Waals surface area (Å²) in [5, 5.41) is 0. The monoisotopic (exact) mass is 332 g/mol. The van der Waals surface area contributed by atoms with Gasteiger partial charge in [0.15, 0.2) is 9.84 Å². The van der Waals surface area contributed by atoms with E-state index in [2.05, 4.69) is 17.0 Å². The summed E-state index contributed by atoms with van der Waals surface area (Å²) in [5.74, 6) is 1.32. The number of hydrogen-bond donors (Lipinski definition) is 1. The minimum Gasteiger partial charge on any atom is -0.330 e. The van der Waals surface area contributed by atoms with Gasteiger partial charge in [0.25, 0.3) is 0 Å². The molecule has 1 heterocycles. The molecule has 2 rings (SSSR count). The Morgan fingerprint density at radius 1 is 1.24 bits per heavy atom. The molecule has 6 heteroatoms. The summed E-state index contributed by atoms with van der Waals surface area (Å²) in [7, 11) is -2.89. The van der Waals surface area contributed by atoms with E-state index in [9.17, 15) is 8.42 Å². The zero-order chi connectivity index (χ0) is 14.6. The van der Waals surface area contributed by atoms with Gasteiger partial charge in [-0.3, -0.25) is 0 Å². The van der Waals surface area contributed by atoms with Crippen LogP contribution in [0.25, 0.3) is 0 Å². The Morgan fingerprint density at radius 3 is 2.48 bits per heavy atom. The summed E-state index contributed by atoms with van der Waals surface area (Å²) in [4.78, 5) is 2.24. The second kappa shape index (κ2) is 8.13. The SMILES string of the molecule is CCS(=O)(=O)CCN1C[C@@H](CN)[C@H](c2ccccc2)C1.Cl. The molecule has 0 amide bonds. The largest absolute Gasteiger partial charge is 0.330 e. The Kier molecular flexibility index (Phi) is 7.13. The van der Waals surface area contributed by atoms with Gasteiger partial charge in [0, 0.05) is 31.3 Å². The van der Waals surface area contributed by atoms with Crippen molar-refractivity contribution in [3.05, 3.63) is 35.9 Å². The number of sulfone groups is 1. The summed E-state index contributed by atoms with van der Waals surface area (Å²) in [6.07, 6.45) is 0. The van der Waals surface area contributed by atoms with E-state index in [4.69, 9.17) is 5.73 Å². The molecule has 1 aliphatic heterocycles. The average Bonchev–Trinajstić information content (AvgIpc) is 2.90. The second-order valence-electron chi connectivity index (χ2n) is 5.51. The maximum Gasteiger partial charge on any atom is 0.151 e. The molecule has 0 saturated carbocycles. The number of nitrogens with zero attached hydrogens (tertiary/aromatic N) is 1. The first-order chi connectivity index (χ1) is 9.55. The molecule has 1 aliphatic rings. The van der Waals surface area contributed by atoms with E-state index in [-0.39, 0.29) is 23.9 Å². The number of rotatable bonds is 6. The zero-order valence-electron chi connectivity index (χ0n) is 12.4. The van der Waals surface area contributed by atoms with Crippen LogP contribution >= 0.6 is 12.4 Å². The molecule has 120 valence electrons. The van der Waals surface area contributed by atoms with Crippen molar-refractivity contribution in [2.45, 2.75) is 12.8 Å². The summed E-state index contributed by atoms with van der Waals surface area (Å²) < 4.78 is 23.2. The fourth-order valence-corrected chi connectivity index (χ4v) is 3.70. The van der Waals surface area contributed by atoms with Crippen LogP contribution in [0, 0.1) is 5.92 Å². The molecule has 4 nitrogen and oxygen atoms in total. The first-order valence-corrected chi connectivity index (χ1v) is 9.05. The lowest BCUT2D eigenvalue weighted by atomic mass is 9.89. The van der Waals surface area contributed by atoms with Crippen molar-refractivity contribution in [3.63, 3.8) is 0 Å². The molecule has 2 N–H and O–H groups in total. The first-order valence-electron chi connectivity index (χ1n) is 7.23. The summed E-state index contributed by atoms with van der Waals surface area (Å²) in [5.41, 5.74) is 7.20. The number of hydrogen-bond acceptors (Lipinski definition) is 4. The second-order valence-corrected chi connectivity index (χ2v) is 7.98. The van der Waals surface area contributed by atoms with E-state index < -0.39 is 9.84 Å². The average molecular weight is 333 g/mol. The topological polar surface area (TPSA) is 63.4 Å². The van der Waals surface area contributed by atoms with E-state index in [1.165, 1.54) is 5.56 Å². The highest BCUT2D eigenvalue weighted by atomic mass is 35.5. The molecule has 0 bridgehead atoms. The number of halogens is 1. The van der Waals surface area contributed by atoms with Crippen molar-refractivity contribution in [2.24, 2.45) is 11.7 Å². The van der Waals surface area contributed by atoms with Crippen molar-refractivity contribution >= 4 is 22.2 Å². The molecule has 0 unspecified atom stereocenters. The summed E-state index contributed by atoms with van der Waals surface area (Å²) in [6.45, 7) is 4.78. The molecule has 0 aliphatic carbocycles. The fraction of sp³-hybridized carbons (Fsp3) is 0.600. The van der Waals surface area contributed by atoms with Crippen LogP contribution in [0.5, 0.6) is 0 Å². The molecule has 0 aromatic heterocycles. The van der Waals surface area contributed by atoms with Gasteiger partial charge >= 0.3 is 0 Å². The van der Waals surface area contributed by atoms with Crippen LogP contribution in [0.15, 0.2) is 30.3 Å². The van der Waals surface area contributed by atoms with E-state index in [0.717, 1.165) is 13.1 Å². The minimum atomic E-state index is -2.89. The van der Waals surface area contributed by atoms with Gasteiger partial charge in [0.05, 0.1) is 5.75 Å². The van der Waals surface area contributed by atoms with E-state index >= 15 is 0 Å². The fourth-order valence-electron chi connectivity index (χ4n) is 2.87. The third kappa shape index (κ3) is 4.95. The maximum absolute atomic E-state index is 11.6. The van der Waals surface area contributed by atoms with Crippen molar-refractivity contribution in [3.8, 4) is 0 Å². The standard InChI is InChI=1S/C15H24N2O2S.ClH/c1-2-20(18,19)9-8-17-11-14(10-16)15(12-17)13-6-4-3-5-7-13;/h3-7,14-15H,2,8-12,16H2,1H3;1H/t14-,15+;/m1./s1. The van der Waals surface area contributed by atoms with E-state index in [0.29, 0.717) is 24.9 Å². The molecule has 1 aromatic carbocycles. The van der Waals surface area contributed by atoms with Crippen LogP contribution in [0.2, 0.25) is 0 Å². The predicted octanol–water partition coefficient (Wildman–Crippen LogP) is 1.52. The Balaban J connectivity index is 0.00000220. The first kappa shape index (κ1) is 18.4. The third-order valence-electron chi connectivity index (χ3n) is 4.21. The third-order valence-corrected chi connectivity index (χ3v) is 5.89. The molecular formula is C15H25ClN2O2S. The highest BCUT2D eigenvalue weighted by Crippen LogP contribution is 2.31. The molecular weight excluding hydrogens is 308 g/mol. The van der Waals surface area contributed by atoms with Gasteiger partial charge in [0.1, 0.15) is 0 Å². The van der Waals surface area contributed by atoms with E-state index in [1.807, 2.05) is 18.2 Å². The van der Waals surface area contributed by atoms with Crippen LogP contribution in [-0.4, -0.2) is 51.0 Å². The van der Waals surface area contributed by atoms with Crippen molar-refractivity contribution < 1.29 is 8.42 Å². The van der Waals surface area contributed by atoms with Gasteiger partial charge in [-0.05, 0) is 18.0 Å². The van der Waals surface area contributed by atoms with Crippen LogP contribution in [0.3, 0.4) is 0 Å². The zero-order valence-corrected chi connectivity index (χ0v) is 14.1. The van der Waals surface area contributed by atoms with Gasteiger partial charge in [-0.25, -0.2) is 8.42 Å². The highest BCUT2D eigenvalue weighted by molar-refractivity contribution is 7.91. The Morgan fingerprint density at radius 2 is 1.90 bits per heavy atom. The molecule has 2 atom stereocenters. The Labute approximate surface area is 134 Å². The van der Waals surface area contributed by atoms with Gasteiger partial charge in [-0.15, -0.1) is 12.4 Å². The lowest BCUT2D eigenvalue weighted by Crippen LogP contribution is -2.29. The van der Waals surface area contributed by atoms with Gasteiger partial charge < -0.3 is 10.6 Å². The van der Waals surface area contributed by atoms with Gasteiger partial charge in [-0.2, -0.15) is 0 Å². The molecule has 0 radical (unpaired) electrons. The Bertz CT molecular complexity index is 522. The van der Waals surface area contributed by atoms with Crippen LogP contribution in [0.1, 0.15) is 18.4 Å². The van der Waals surface area contributed by atoms with Crippen LogP contribution in [-0.2, 0) is 9.84 Å². The lowest BCUT2D eigenvalue weighted by molar-refractivity contribution is 0.343. The van der Waals surface area contributed by atoms with Crippen molar-refractivity contribution in [1.82, 2.24) is 4.90 Å². The number of benzene rings is 1. The van der Waals surface area contributed by atoms with Crippen LogP contribution < -0.4 is 5.73 Å². The molecule has 21 heavy (non-hydrogen) atoms. The van der Waals surface area contributed by atoms with Gasteiger partial charge in [-0.1, -0.05) is 37.3 Å². The van der Waals surface area contributed by atoms with Crippen molar-refractivity contribution in [2.75, 3.05) is 37.7 Å². The quantitative estimate of drug-likeness (QED) is 0.858. The predicted molar refractivity (Wildman–Crippen MR) is 89.7 cm³/mol. The maximum atomic E-state index is 11.6. The molecule has 1 aromatic rings. The van der Waals surface area contributed by atoms with Crippen LogP contribution in [0.4, 0.5) is 0 Å². The smallest absolute Gasteiger partial charge is 0.151 e. The number of nitrogens with two attached hydrogens (primary N) is 1. The Hall–Kier alpha value is -0.620. The van der Waals surface area contributed by atoms with E-state index in [1.54, 1.807) is 6.92 Å². The molecule has 0 spiro atoms. The number of likely N-dealkylation sites (tertiary alicyclic amines) is 1. The summed E-state index contributed by atoms with van der Waals surface area (Å²) in [6, 6.07) is 10.4. The lowest BCUT2D eigenvalue weighted by Gasteiger charge is -2.16.